The molecular formula is C14H19ClO. The average molecular weight is 239 g/mol. The molecule has 1 nitrogen and oxygen atoms in total. The fraction of sp³-hybridized carbons (Fsp3) is 0.571. The molecule has 2 atom stereocenters. The number of benzene rings is 1. The molecule has 2 rings (SSSR count). The Bertz CT molecular complexity index is 373. The summed E-state index contributed by atoms with van der Waals surface area (Å²) >= 11 is 5.94. The fourth-order valence-corrected chi connectivity index (χ4v) is 2.92. The summed E-state index contributed by atoms with van der Waals surface area (Å²) < 4.78 is 0. The normalized spacial score (nSPS) is 25.6. The van der Waals surface area contributed by atoms with Crippen molar-refractivity contribution in [2.45, 2.75) is 39.2 Å². The van der Waals surface area contributed by atoms with Gasteiger partial charge in [0.25, 0.3) is 0 Å². The first-order valence-corrected chi connectivity index (χ1v) is 6.29. The lowest BCUT2D eigenvalue weighted by Gasteiger charge is -2.21. The van der Waals surface area contributed by atoms with Crippen molar-refractivity contribution in [3.63, 3.8) is 0 Å². The van der Waals surface area contributed by atoms with E-state index < -0.39 is 0 Å². The van der Waals surface area contributed by atoms with E-state index in [4.69, 9.17) is 11.6 Å². The third-order valence-electron chi connectivity index (χ3n) is 3.64. The Morgan fingerprint density at radius 2 is 2.19 bits per heavy atom. The van der Waals surface area contributed by atoms with Gasteiger partial charge in [-0.2, -0.15) is 0 Å². The summed E-state index contributed by atoms with van der Waals surface area (Å²) in [5.41, 5.74) is 1.33. The van der Waals surface area contributed by atoms with Gasteiger partial charge in [-0.05, 0) is 48.3 Å². The van der Waals surface area contributed by atoms with Crippen LogP contribution in [0.4, 0.5) is 0 Å². The van der Waals surface area contributed by atoms with Gasteiger partial charge in [0.2, 0.25) is 0 Å². The monoisotopic (exact) mass is 238 g/mol. The SMILES string of the molecule is CC1(C)CC[C@H]([C@@H](O)c2cccc(Cl)c2)C1. The highest BCUT2D eigenvalue weighted by Crippen LogP contribution is 2.46. The number of rotatable bonds is 2. The van der Waals surface area contributed by atoms with E-state index in [1.807, 2.05) is 24.3 Å². The van der Waals surface area contributed by atoms with Crippen LogP contribution in [0.3, 0.4) is 0 Å². The maximum absolute atomic E-state index is 10.3. The maximum Gasteiger partial charge on any atom is 0.0818 e. The summed E-state index contributed by atoms with van der Waals surface area (Å²) in [6, 6.07) is 7.58. The molecule has 1 saturated carbocycles. The molecule has 0 saturated heterocycles. The van der Waals surface area contributed by atoms with Crippen LogP contribution in [0.15, 0.2) is 24.3 Å². The van der Waals surface area contributed by atoms with Crippen LogP contribution < -0.4 is 0 Å². The number of hydrogen-bond donors (Lipinski definition) is 1. The summed E-state index contributed by atoms with van der Waals surface area (Å²) in [7, 11) is 0. The first-order valence-electron chi connectivity index (χ1n) is 5.91. The van der Waals surface area contributed by atoms with Gasteiger partial charge in [0.15, 0.2) is 0 Å². The Labute approximate surface area is 102 Å². The molecular weight excluding hydrogens is 220 g/mol. The molecule has 88 valence electrons. The molecule has 0 heterocycles. The minimum Gasteiger partial charge on any atom is -0.388 e. The van der Waals surface area contributed by atoms with Gasteiger partial charge in [-0.15, -0.1) is 0 Å². The van der Waals surface area contributed by atoms with Crippen LogP contribution in [-0.4, -0.2) is 5.11 Å². The average Bonchev–Trinajstić information content (AvgIpc) is 2.58. The van der Waals surface area contributed by atoms with Gasteiger partial charge in [0.05, 0.1) is 6.10 Å². The number of aliphatic hydroxyl groups is 1. The first kappa shape index (κ1) is 11.9. The third-order valence-corrected chi connectivity index (χ3v) is 3.88. The first-order chi connectivity index (χ1) is 7.48. The minimum atomic E-state index is -0.361. The predicted molar refractivity (Wildman–Crippen MR) is 67.5 cm³/mol. The van der Waals surface area contributed by atoms with Gasteiger partial charge in [0.1, 0.15) is 0 Å². The zero-order valence-electron chi connectivity index (χ0n) is 9.91. The summed E-state index contributed by atoms with van der Waals surface area (Å²) in [6.07, 6.45) is 3.05. The molecule has 2 heteroatoms. The van der Waals surface area contributed by atoms with Gasteiger partial charge in [-0.1, -0.05) is 37.6 Å². The Balaban J connectivity index is 2.11. The van der Waals surface area contributed by atoms with Crippen molar-refractivity contribution in [3.8, 4) is 0 Å². The van der Waals surface area contributed by atoms with Gasteiger partial charge in [0, 0.05) is 5.02 Å². The zero-order valence-corrected chi connectivity index (χ0v) is 10.7. The maximum atomic E-state index is 10.3. The second-order valence-corrected chi connectivity index (χ2v) is 6.10. The summed E-state index contributed by atoms with van der Waals surface area (Å²) in [5, 5.41) is 11.0. The fourth-order valence-electron chi connectivity index (χ4n) is 2.72. The molecule has 0 aromatic heterocycles. The molecule has 1 aromatic carbocycles. The van der Waals surface area contributed by atoms with Crippen molar-refractivity contribution >= 4 is 11.6 Å². The summed E-state index contributed by atoms with van der Waals surface area (Å²) in [4.78, 5) is 0. The number of halogens is 1. The highest BCUT2D eigenvalue weighted by atomic mass is 35.5. The molecule has 0 radical (unpaired) electrons. The van der Waals surface area contributed by atoms with Crippen LogP contribution in [0.1, 0.15) is 44.8 Å². The van der Waals surface area contributed by atoms with E-state index in [1.54, 1.807) is 0 Å². The molecule has 0 aliphatic heterocycles. The van der Waals surface area contributed by atoms with Crippen molar-refractivity contribution in [2.75, 3.05) is 0 Å². The van der Waals surface area contributed by atoms with E-state index in [1.165, 1.54) is 6.42 Å². The zero-order chi connectivity index (χ0) is 11.8. The van der Waals surface area contributed by atoms with Crippen LogP contribution in [0.5, 0.6) is 0 Å². The van der Waals surface area contributed by atoms with E-state index in [-0.39, 0.29) is 6.10 Å². The van der Waals surface area contributed by atoms with Gasteiger partial charge in [-0.3, -0.25) is 0 Å². The van der Waals surface area contributed by atoms with Crippen molar-refractivity contribution < 1.29 is 5.11 Å². The number of hydrogen-bond acceptors (Lipinski definition) is 1. The topological polar surface area (TPSA) is 20.2 Å². The smallest absolute Gasteiger partial charge is 0.0818 e. The molecule has 0 spiro atoms. The Morgan fingerprint density at radius 3 is 2.75 bits per heavy atom. The molecule has 0 amide bonds. The molecule has 0 bridgehead atoms. The highest BCUT2D eigenvalue weighted by molar-refractivity contribution is 6.30. The lowest BCUT2D eigenvalue weighted by molar-refractivity contribution is 0.105. The van der Waals surface area contributed by atoms with Crippen LogP contribution in [0.2, 0.25) is 5.02 Å². The second kappa shape index (κ2) is 4.38. The molecule has 1 N–H and O–H groups in total. The quantitative estimate of drug-likeness (QED) is 0.819. The third kappa shape index (κ3) is 2.58. The van der Waals surface area contributed by atoms with Crippen LogP contribution in [0, 0.1) is 11.3 Å². The molecule has 1 aliphatic carbocycles. The Morgan fingerprint density at radius 1 is 1.44 bits per heavy atom. The van der Waals surface area contributed by atoms with E-state index in [2.05, 4.69) is 13.8 Å². The molecule has 1 aromatic rings. The van der Waals surface area contributed by atoms with E-state index in [0.717, 1.165) is 18.4 Å². The van der Waals surface area contributed by atoms with Gasteiger partial charge in [-0.25, -0.2) is 0 Å². The summed E-state index contributed by atoms with van der Waals surface area (Å²) in [5.74, 6) is 0.383. The highest BCUT2D eigenvalue weighted by Gasteiger charge is 2.35. The lowest BCUT2D eigenvalue weighted by Crippen LogP contribution is -2.12. The van der Waals surface area contributed by atoms with Crippen LogP contribution in [0.25, 0.3) is 0 Å². The van der Waals surface area contributed by atoms with Gasteiger partial charge >= 0.3 is 0 Å². The minimum absolute atomic E-state index is 0.361. The molecule has 1 aliphatic rings. The van der Waals surface area contributed by atoms with Crippen LogP contribution in [-0.2, 0) is 0 Å². The van der Waals surface area contributed by atoms with E-state index in [9.17, 15) is 5.11 Å². The van der Waals surface area contributed by atoms with Crippen molar-refractivity contribution in [3.05, 3.63) is 34.9 Å². The van der Waals surface area contributed by atoms with Gasteiger partial charge < -0.3 is 5.11 Å². The molecule has 16 heavy (non-hydrogen) atoms. The van der Waals surface area contributed by atoms with E-state index >= 15 is 0 Å². The largest absolute Gasteiger partial charge is 0.388 e. The Kier molecular flexibility index (Phi) is 3.27. The van der Waals surface area contributed by atoms with Crippen molar-refractivity contribution in [1.29, 1.82) is 0 Å². The predicted octanol–water partition coefficient (Wildman–Crippen LogP) is 4.20. The van der Waals surface area contributed by atoms with Crippen molar-refractivity contribution in [2.24, 2.45) is 11.3 Å². The van der Waals surface area contributed by atoms with E-state index in [0.29, 0.717) is 16.4 Å². The second-order valence-electron chi connectivity index (χ2n) is 5.67. The Hall–Kier alpha value is -0.530. The summed E-state index contributed by atoms with van der Waals surface area (Å²) in [6.45, 7) is 4.55. The standard InChI is InChI=1S/C14H19ClO/c1-14(2)7-6-11(9-14)13(16)10-4-3-5-12(15)8-10/h3-5,8,11,13,16H,6-7,9H2,1-2H3/t11-,13-/m0/s1. The van der Waals surface area contributed by atoms with Crippen LogP contribution >= 0.6 is 11.6 Å². The lowest BCUT2D eigenvalue weighted by atomic mass is 9.87. The van der Waals surface area contributed by atoms with Crippen molar-refractivity contribution in [1.82, 2.24) is 0 Å². The molecule has 0 unspecified atom stereocenters. The molecule has 1 fully saturated rings. The number of aliphatic hydroxyl groups excluding tert-OH is 1.